The van der Waals surface area contributed by atoms with E-state index in [-0.39, 0.29) is 0 Å². The molecule has 0 atom stereocenters. The normalized spacial score (nSPS) is 13.1. The van der Waals surface area contributed by atoms with Gasteiger partial charge in [0.15, 0.2) is 0 Å². The van der Waals surface area contributed by atoms with Crippen molar-refractivity contribution in [3.63, 3.8) is 0 Å². The molecular formula is C11H18N2O2. The molecule has 0 unspecified atom stereocenters. The summed E-state index contributed by atoms with van der Waals surface area (Å²) in [6.07, 6.45) is 7.96. The third-order valence-corrected chi connectivity index (χ3v) is 1.58. The maximum absolute atomic E-state index is 9.00. The fourth-order valence-corrected chi connectivity index (χ4v) is 1.08. The molecule has 84 valence electrons. The van der Waals surface area contributed by atoms with Crippen LogP contribution < -0.4 is 0 Å². The third kappa shape index (κ3) is 7.37. The Kier molecular flexibility index (Phi) is 6.80. The molecular weight excluding hydrogens is 192 g/mol. The zero-order valence-electron chi connectivity index (χ0n) is 9.09. The first-order valence-corrected chi connectivity index (χ1v) is 4.68. The SMILES string of the molecule is C=CCN1C=CN(CC=C)C1.CC(=O)O. The van der Waals surface area contributed by atoms with Crippen LogP contribution in [0.5, 0.6) is 0 Å². The summed E-state index contributed by atoms with van der Waals surface area (Å²) in [6.45, 7) is 11.2. The van der Waals surface area contributed by atoms with Gasteiger partial charge in [0.05, 0.1) is 6.67 Å². The molecule has 4 heteroatoms. The number of hydrogen-bond donors (Lipinski definition) is 1. The van der Waals surface area contributed by atoms with Gasteiger partial charge in [-0.15, -0.1) is 13.2 Å². The Hall–Kier alpha value is -1.71. The van der Waals surface area contributed by atoms with Crippen molar-refractivity contribution in [1.29, 1.82) is 0 Å². The first-order chi connectivity index (χ1) is 7.10. The predicted octanol–water partition coefficient (Wildman–Crippen LogP) is 1.50. The minimum absolute atomic E-state index is 0.833. The molecule has 0 aromatic heterocycles. The number of nitrogens with zero attached hydrogens (tertiary/aromatic N) is 2. The van der Waals surface area contributed by atoms with E-state index in [0.29, 0.717) is 0 Å². The van der Waals surface area contributed by atoms with Gasteiger partial charge < -0.3 is 14.9 Å². The van der Waals surface area contributed by atoms with E-state index in [4.69, 9.17) is 9.90 Å². The second-order valence-corrected chi connectivity index (χ2v) is 3.08. The van der Waals surface area contributed by atoms with Gasteiger partial charge in [0.1, 0.15) is 0 Å². The minimum Gasteiger partial charge on any atom is -0.481 e. The van der Waals surface area contributed by atoms with Gasteiger partial charge in [-0.05, 0) is 0 Å². The quantitative estimate of drug-likeness (QED) is 0.714. The summed E-state index contributed by atoms with van der Waals surface area (Å²) >= 11 is 0. The zero-order chi connectivity index (χ0) is 11.7. The number of carboxylic acids is 1. The van der Waals surface area contributed by atoms with E-state index >= 15 is 0 Å². The topological polar surface area (TPSA) is 43.8 Å². The molecule has 0 saturated heterocycles. The van der Waals surface area contributed by atoms with Crippen LogP contribution in [0.3, 0.4) is 0 Å². The molecule has 1 aliphatic rings. The number of hydrogen-bond acceptors (Lipinski definition) is 3. The standard InChI is InChI=1S/C9H14N2.C2H4O2/c1-3-5-10-7-8-11(9-10)6-4-2;1-2(3)4/h3-4,7-8H,1-2,5-6,9H2;1H3,(H,3,4). The highest BCUT2D eigenvalue weighted by Gasteiger charge is 2.07. The van der Waals surface area contributed by atoms with E-state index in [2.05, 4.69) is 35.4 Å². The van der Waals surface area contributed by atoms with E-state index in [1.54, 1.807) is 0 Å². The lowest BCUT2D eigenvalue weighted by Gasteiger charge is -2.18. The van der Waals surface area contributed by atoms with Crippen LogP contribution in [0.1, 0.15) is 6.92 Å². The largest absolute Gasteiger partial charge is 0.481 e. The number of carbonyl (C=O) groups is 1. The third-order valence-electron chi connectivity index (χ3n) is 1.58. The lowest BCUT2D eigenvalue weighted by molar-refractivity contribution is -0.134. The summed E-state index contributed by atoms with van der Waals surface area (Å²) in [6, 6.07) is 0. The summed E-state index contributed by atoms with van der Waals surface area (Å²) in [4.78, 5) is 13.4. The Morgan fingerprint density at radius 2 is 1.67 bits per heavy atom. The first-order valence-electron chi connectivity index (χ1n) is 4.68. The van der Waals surface area contributed by atoms with Crippen molar-refractivity contribution in [2.45, 2.75) is 6.92 Å². The molecule has 0 aromatic rings. The Balaban J connectivity index is 0.000000423. The summed E-state index contributed by atoms with van der Waals surface area (Å²) in [5.74, 6) is -0.833. The molecule has 0 bridgehead atoms. The van der Waals surface area contributed by atoms with Crippen LogP contribution in [0, 0.1) is 0 Å². The molecule has 1 aliphatic heterocycles. The Labute approximate surface area is 90.8 Å². The van der Waals surface area contributed by atoms with Crippen molar-refractivity contribution < 1.29 is 9.90 Å². The van der Waals surface area contributed by atoms with Gasteiger partial charge in [-0.25, -0.2) is 0 Å². The monoisotopic (exact) mass is 210 g/mol. The van der Waals surface area contributed by atoms with Crippen LogP contribution in [0.25, 0.3) is 0 Å². The Morgan fingerprint density at radius 3 is 1.93 bits per heavy atom. The molecule has 1 heterocycles. The van der Waals surface area contributed by atoms with Gasteiger partial charge in [-0.1, -0.05) is 12.2 Å². The molecule has 0 fully saturated rings. The van der Waals surface area contributed by atoms with E-state index in [0.717, 1.165) is 26.7 Å². The van der Waals surface area contributed by atoms with Crippen molar-refractivity contribution in [3.05, 3.63) is 37.7 Å². The van der Waals surface area contributed by atoms with E-state index in [1.807, 2.05) is 12.2 Å². The van der Waals surface area contributed by atoms with Crippen molar-refractivity contribution >= 4 is 5.97 Å². The average molecular weight is 210 g/mol. The van der Waals surface area contributed by atoms with Gasteiger partial charge in [0.2, 0.25) is 0 Å². The molecule has 0 saturated carbocycles. The number of carboxylic acid groups (broad SMARTS) is 1. The van der Waals surface area contributed by atoms with E-state index in [9.17, 15) is 0 Å². The Bertz CT molecular complexity index is 227. The average Bonchev–Trinajstić information content (AvgIpc) is 2.53. The molecule has 0 spiro atoms. The lowest BCUT2D eigenvalue weighted by atomic mass is 10.5. The molecule has 0 amide bonds. The van der Waals surface area contributed by atoms with E-state index in [1.165, 1.54) is 0 Å². The fraction of sp³-hybridized carbons (Fsp3) is 0.364. The molecule has 0 aromatic carbocycles. The predicted molar refractivity (Wildman–Crippen MR) is 61.1 cm³/mol. The highest BCUT2D eigenvalue weighted by molar-refractivity contribution is 5.62. The van der Waals surface area contributed by atoms with Crippen LogP contribution >= 0.6 is 0 Å². The van der Waals surface area contributed by atoms with Gasteiger partial charge in [0, 0.05) is 32.4 Å². The van der Waals surface area contributed by atoms with Crippen LogP contribution in [-0.4, -0.2) is 40.6 Å². The number of aliphatic carboxylic acids is 1. The zero-order valence-corrected chi connectivity index (χ0v) is 9.09. The number of rotatable bonds is 4. The Morgan fingerprint density at radius 1 is 1.33 bits per heavy atom. The second-order valence-electron chi connectivity index (χ2n) is 3.08. The summed E-state index contributed by atoms with van der Waals surface area (Å²) in [7, 11) is 0. The van der Waals surface area contributed by atoms with E-state index < -0.39 is 5.97 Å². The van der Waals surface area contributed by atoms with Gasteiger partial charge in [0.25, 0.3) is 5.97 Å². The second kappa shape index (κ2) is 7.67. The highest BCUT2D eigenvalue weighted by Crippen LogP contribution is 2.04. The van der Waals surface area contributed by atoms with Crippen molar-refractivity contribution in [2.24, 2.45) is 0 Å². The van der Waals surface area contributed by atoms with Gasteiger partial charge in [-0.2, -0.15) is 0 Å². The summed E-state index contributed by atoms with van der Waals surface area (Å²) < 4.78 is 0. The van der Waals surface area contributed by atoms with Crippen molar-refractivity contribution in [1.82, 2.24) is 9.80 Å². The maximum Gasteiger partial charge on any atom is 0.300 e. The molecule has 15 heavy (non-hydrogen) atoms. The summed E-state index contributed by atoms with van der Waals surface area (Å²) in [5, 5.41) is 7.42. The molecule has 1 rings (SSSR count). The molecule has 1 N–H and O–H groups in total. The summed E-state index contributed by atoms with van der Waals surface area (Å²) in [5.41, 5.74) is 0. The van der Waals surface area contributed by atoms with Crippen LogP contribution in [0.2, 0.25) is 0 Å². The maximum atomic E-state index is 9.00. The van der Waals surface area contributed by atoms with Crippen LogP contribution in [0.4, 0.5) is 0 Å². The first kappa shape index (κ1) is 13.3. The van der Waals surface area contributed by atoms with Gasteiger partial charge in [-0.3, -0.25) is 4.79 Å². The van der Waals surface area contributed by atoms with Gasteiger partial charge >= 0.3 is 0 Å². The minimum atomic E-state index is -0.833. The smallest absolute Gasteiger partial charge is 0.300 e. The van der Waals surface area contributed by atoms with Crippen LogP contribution in [-0.2, 0) is 4.79 Å². The fourth-order valence-electron chi connectivity index (χ4n) is 1.08. The molecule has 0 aliphatic carbocycles. The molecule has 0 radical (unpaired) electrons. The van der Waals surface area contributed by atoms with Crippen LogP contribution in [0.15, 0.2) is 37.7 Å². The van der Waals surface area contributed by atoms with Crippen molar-refractivity contribution in [2.75, 3.05) is 19.8 Å². The molecule has 4 nitrogen and oxygen atoms in total. The van der Waals surface area contributed by atoms with Crippen molar-refractivity contribution in [3.8, 4) is 0 Å². The highest BCUT2D eigenvalue weighted by atomic mass is 16.4. The lowest BCUT2D eigenvalue weighted by Crippen LogP contribution is -2.25.